The van der Waals surface area contributed by atoms with Crippen LogP contribution in [0.25, 0.3) is 0 Å². The summed E-state index contributed by atoms with van der Waals surface area (Å²) in [5.41, 5.74) is 4.95. The molecule has 6 nitrogen and oxygen atoms in total. The van der Waals surface area contributed by atoms with Crippen LogP contribution in [0, 0.1) is 6.92 Å². The number of Topliss-reactive ketones (excluding diaryl/α,β-unsaturated/α-hetero) is 1. The maximum Gasteiger partial charge on any atom is 0.233 e. The molecule has 0 fully saturated rings. The smallest absolute Gasteiger partial charge is 0.233 e. The third-order valence-corrected chi connectivity index (χ3v) is 5.83. The highest BCUT2D eigenvalue weighted by Crippen LogP contribution is 2.49. The Balaban J connectivity index is 1.62. The molecule has 1 aliphatic carbocycles. The first-order valence-electron chi connectivity index (χ1n) is 9.58. The normalized spacial score (nSPS) is 20.8. The number of allylic oxidation sites excluding steroid dienone is 2. The number of phenols is 2. The number of anilines is 1. The Kier molecular flexibility index (Phi) is 3.94. The van der Waals surface area contributed by atoms with Gasteiger partial charge in [0.25, 0.3) is 0 Å². The van der Waals surface area contributed by atoms with E-state index in [1.807, 2.05) is 25.1 Å². The molecule has 29 heavy (non-hydrogen) atoms. The zero-order chi connectivity index (χ0) is 20.1. The van der Waals surface area contributed by atoms with E-state index >= 15 is 0 Å². The Labute approximate surface area is 167 Å². The van der Waals surface area contributed by atoms with Gasteiger partial charge in [0, 0.05) is 23.6 Å². The van der Waals surface area contributed by atoms with E-state index < -0.39 is 0 Å². The highest BCUT2D eigenvalue weighted by Gasteiger charge is 2.41. The predicted octanol–water partition coefficient (Wildman–Crippen LogP) is 4.35. The van der Waals surface area contributed by atoms with Crippen LogP contribution in [0.2, 0.25) is 0 Å². The van der Waals surface area contributed by atoms with Gasteiger partial charge in [0.05, 0.1) is 11.3 Å². The number of carbonyl (C=O) groups is 1. The highest BCUT2D eigenvalue weighted by molar-refractivity contribution is 6.01. The minimum absolute atomic E-state index is 0.0183. The Morgan fingerprint density at radius 1 is 1.03 bits per heavy atom. The van der Waals surface area contributed by atoms with Gasteiger partial charge in [0.1, 0.15) is 11.5 Å². The van der Waals surface area contributed by atoms with Crippen molar-refractivity contribution < 1.29 is 19.5 Å². The number of nitrogens with zero attached hydrogens (tertiary/aromatic N) is 1. The van der Waals surface area contributed by atoms with E-state index in [0.717, 1.165) is 28.1 Å². The van der Waals surface area contributed by atoms with Gasteiger partial charge < -0.3 is 20.1 Å². The van der Waals surface area contributed by atoms with Gasteiger partial charge in [0.15, 0.2) is 5.78 Å². The Bertz CT molecular complexity index is 1140. The first-order valence-corrected chi connectivity index (χ1v) is 9.58. The summed E-state index contributed by atoms with van der Waals surface area (Å²) in [7, 11) is 0. The van der Waals surface area contributed by atoms with Crippen LogP contribution >= 0.6 is 0 Å². The summed E-state index contributed by atoms with van der Waals surface area (Å²) < 4.78 is 5.51. The molecule has 3 N–H and O–H groups in total. The number of hydrogen-bond donors (Lipinski definition) is 3. The second-order valence-electron chi connectivity index (χ2n) is 7.68. The lowest BCUT2D eigenvalue weighted by atomic mass is 9.72. The lowest BCUT2D eigenvalue weighted by Gasteiger charge is -2.34. The maximum atomic E-state index is 13.3. The van der Waals surface area contributed by atoms with Crippen LogP contribution in [0.15, 0.2) is 64.3 Å². The molecule has 1 aliphatic heterocycles. The quantitative estimate of drug-likeness (QED) is 0.604. The van der Waals surface area contributed by atoms with Crippen molar-refractivity contribution in [2.24, 2.45) is 0 Å². The molecule has 5 rings (SSSR count). The third-order valence-electron chi connectivity index (χ3n) is 5.83. The van der Waals surface area contributed by atoms with Crippen LogP contribution in [0.5, 0.6) is 11.5 Å². The molecule has 2 aromatic carbocycles. The summed E-state index contributed by atoms with van der Waals surface area (Å²) in [4.78, 5) is 13.3. The average Bonchev–Trinajstić information content (AvgIpc) is 3.07. The van der Waals surface area contributed by atoms with Gasteiger partial charge in [-0.15, -0.1) is 0 Å². The molecule has 6 heteroatoms. The molecular weight excluding hydrogens is 368 g/mol. The minimum Gasteiger partial charge on any atom is -0.508 e. The van der Waals surface area contributed by atoms with E-state index in [4.69, 9.17) is 4.52 Å². The van der Waals surface area contributed by atoms with E-state index in [1.54, 1.807) is 30.3 Å². The molecule has 2 aliphatic rings. The van der Waals surface area contributed by atoms with Crippen molar-refractivity contribution in [3.8, 4) is 11.5 Å². The Morgan fingerprint density at radius 3 is 2.59 bits per heavy atom. The van der Waals surface area contributed by atoms with Crippen molar-refractivity contribution in [1.82, 2.24) is 5.16 Å². The zero-order valence-corrected chi connectivity index (χ0v) is 15.8. The molecular formula is C23H20N2O4. The number of carbonyl (C=O) groups excluding carboxylic acids is 1. The monoisotopic (exact) mass is 388 g/mol. The molecule has 2 atom stereocenters. The molecule has 0 bridgehead atoms. The molecule has 0 unspecified atom stereocenters. The van der Waals surface area contributed by atoms with Gasteiger partial charge in [-0.1, -0.05) is 29.4 Å². The van der Waals surface area contributed by atoms with Gasteiger partial charge in [-0.05, 0) is 54.7 Å². The second kappa shape index (κ2) is 6.51. The van der Waals surface area contributed by atoms with Crippen molar-refractivity contribution in [2.45, 2.75) is 31.6 Å². The van der Waals surface area contributed by atoms with Crippen LogP contribution in [0.1, 0.15) is 47.1 Å². The number of fused-ring (bicyclic) bond motifs is 1. The van der Waals surface area contributed by atoms with Crippen LogP contribution in [0.3, 0.4) is 0 Å². The molecule has 0 saturated heterocycles. The largest absolute Gasteiger partial charge is 0.508 e. The van der Waals surface area contributed by atoms with Crippen molar-refractivity contribution >= 4 is 11.7 Å². The van der Waals surface area contributed by atoms with Gasteiger partial charge >= 0.3 is 0 Å². The number of benzene rings is 2. The molecule has 0 saturated carbocycles. The number of aromatic nitrogens is 1. The standard InChI is InChI=1S/C23H20N2O4/c1-12-20-21(14-3-2-4-17(27)9-14)22-18(24-23(20)29-25-12)10-15(11-19(22)28)13-5-7-16(26)8-6-13/h2-9,15,21,24,26-27H,10-11H2,1H3/t15-,21+/m0/s1. The van der Waals surface area contributed by atoms with Gasteiger partial charge in [0.2, 0.25) is 5.88 Å². The lowest BCUT2D eigenvalue weighted by molar-refractivity contribution is -0.116. The first-order chi connectivity index (χ1) is 14.0. The zero-order valence-electron chi connectivity index (χ0n) is 15.8. The molecule has 0 amide bonds. The third kappa shape index (κ3) is 2.88. The number of aryl methyl sites for hydroxylation is 1. The van der Waals surface area contributed by atoms with Crippen molar-refractivity contribution in [1.29, 1.82) is 0 Å². The summed E-state index contributed by atoms with van der Waals surface area (Å²) in [5, 5.41) is 27.0. The number of aromatic hydroxyl groups is 2. The number of rotatable bonds is 2. The summed E-state index contributed by atoms with van der Waals surface area (Å²) in [6, 6.07) is 14.0. The van der Waals surface area contributed by atoms with Crippen LogP contribution < -0.4 is 5.32 Å². The van der Waals surface area contributed by atoms with Crippen LogP contribution in [-0.4, -0.2) is 21.2 Å². The number of phenolic OH excluding ortho intramolecular Hbond substituents is 2. The molecule has 2 heterocycles. The van der Waals surface area contributed by atoms with Crippen molar-refractivity contribution in [3.63, 3.8) is 0 Å². The van der Waals surface area contributed by atoms with E-state index in [0.29, 0.717) is 24.3 Å². The van der Waals surface area contributed by atoms with E-state index in [1.165, 1.54) is 0 Å². The molecule has 0 spiro atoms. The van der Waals surface area contributed by atoms with Crippen molar-refractivity contribution in [2.75, 3.05) is 5.32 Å². The topological polar surface area (TPSA) is 95.6 Å². The average molecular weight is 388 g/mol. The minimum atomic E-state index is -0.326. The second-order valence-corrected chi connectivity index (χ2v) is 7.68. The molecule has 0 radical (unpaired) electrons. The van der Waals surface area contributed by atoms with Gasteiger partial charge in [-0.2, -0.15) is 0 Å². The fourth-order valence-corrected chi connectivity index (χ4v) is 4.49. The Hall–Kier alpha value is -3.54. The van der Waals surface area contributed by atoms with Gasteiger partial charge in [-0.25, -0.2) is 0 Å². The molecule has 3 aromatic rings. The molecule has 146 valence electrons. The summed E-state index contributed by atoms with van der Waals surface area (Å²) in [6.07, 6.45) is 1.04. The Morgan fingerprint density at radius 2 is 1.83 bits per heavy atom. The van der Waals surface area contributed by atoms with E-state index in [2.05, 4.69) is 10.5 Å². The van der Waals surface area contributed by atoms with Crippen LogP contribution in [0.4, 0.5) is 5.88 Å². The fraction of sp³-hybridized carbons (Fsp3) is 0.217. The van der Waals surface area contributed by atoms with E-state index in [9.17, 15) is 15.0 Å². The number of hydrogen-bond acceptors (Lipinski definition) is 6. The maximum absolute atomic E-state index is 13.3. The summed E-state index contributed by atoms with van der Waals surface area (Å²) in [6.45, 7) is 1.86. The van der Waals surface area contributed by atoms with Gasteiger partial charge in [-0.3, -0.25) is 4.79 Å². The summed E-state index contributed by atoms with van der Waals surface area (Å²) >= 11 is 0. The highest BCUT2D eigenvalue weighted by atomic mass is 16.5. The van der Waals surface area contributed by atoms with E-state index in [-0.39, 0.29) is 29.1 Å². The van der Waals surface area contributed by atoms with Crippen LogP contribution in [-0.2, 0) is 4.79 Å². The summed E-state index contributed by atoms with van der Waals surface area (Å²) in [5.74, 6) is 0.671. The SMILES string of the molecule is Cc1noc2c1[C@@H](c1cccc(O)c1)C1=C(C[C@H](c3ccc(O)cc3)CC1=O)N2. The molecule has 1 aromatic heterocycles. The fourth-order valence-electron chi connectivity index (χ4n) is 4.49. The lowest BCUT2D eigenvalue weighted by Crippen LogP contribution is -2.29. The first kappa shape index (κ1) is 17.6. The number of ketones is 1. The number of nitrogens with one attached hydrogen (secondary N) is 1. The van der Waals surface area contributed by atoms with Crippen molar-refractivity contribution in [3.05, 3.63) is 82.2 Å². The predicted molar refractivity (Wildman–Crippen MR) is 107 cm³/mol.